The zero-order valence-corrected chi connectivity index (χ0v) is 7.95. The summed E-state index contributed by atoms with van der Waals surface area (Å²) in [5.74, 6) is 1.47. The molecule has 0 aliphatic carbocycles. The number of piperidine rings is 1. The molecule has 1 fully saturated rings. The summed E-state index contributed by atoms with van der Waals surface area (Å²) in [5.41, 5.74) is 1.19. The smallest absolute Gasteiger partial charge is 0.125 e. The van der Waals surface area contributed by atoms with Crippen LogP contribution < -0.4 is 5.32 Å². The van der Waals surface area contributed by atoms with Crippen LogP contribution in [0.5, 0.6) is 0 Å². The number of aryl methyl sites for hydroxylation is 1. The summed E-state index contributed by atoms with van der Waals surface area (Å²) in [6.07, 6.45) is 4.36. The second-order valence-corrected chi connectivity index (χ2v) is 3.57. The first-order chi connectivity index (χ1) is 6.36. The molecule has 1 aliphatic heterocycles. The predicted molar refractivity (Wildman–Crippen MR) is 51.6 cm³/mol. The van der Waals surface area contributed by atoms with E-state index in [1.54, 1.807) is 0 Å². The number of nitrogens with one attached hydrogen (secondary N) is 1. The molecule has 0 spiro atoms. The van der Waals surface area contributed by atoms with Gasteiger partial charge < -0.3 is 5.32 Å². The van der Waals surface area contributed by atoms with Crippen LogP contribution in [0, 0.1) is 6.92 Å². The third-order valence-electron chi connectivity index (χ3n) is 2.51. The van der Waals surface area contributed by atoms with Gasteiger partial charge in [0.25, 0.3) is 0 Å². The molecule has 0 bridgehead atoms. The van der Waals surface area contributed by atoms with E-state index in [0.29, 0.717) is 5.92 Å². The summed E-state index contributed by atoms with van der Waals surface area (Å²) in [7, 11) is 0. The van der Waals surface area contributed by atoms with Crippen LogP contribution in [0.1, 0.15) is 30.3 Å². The Balaban J connectivity index is 2.14. The van der Waals surface area contributed by atoms with Gasteiger partial charge in [0, 0.05) is 24.4 Å². The quantitative estimate of drug-likeness (QED) is 0.701. The lowest BCUT2D eigenvalue weighted by atomic mass is 9.96. The molecule has 1 atom stereocenters. The van der Waals surface area contributed by atoms with E-state index < -0.39 is 0 Å². The highest BCUT2D eigenvalue weighted by molar-refractivity contribution is 5.09. The fourth-order valence-corrected chi connectivity index (χ4v) is 1.81. The van der Waals surface area contributed by atoms with E-state index in [1.807, 2.05) is 19.2 Å². The summed E-state index contributed by atoms with van der Waals surface area (Å²) in [6.45, 7) is 4.16. The third kappa shape index (κ3) is 2.04. The zero-order valence-electron chi connectivity index (χ0n) is 7.95. The van der Waals surface area contributed by atoms with Crippen molar-refractivity contribution in [2.75, 3.05) is 13.1 Å². The van der Waals surface area contributed by atoms with Crippen LogP contribution in [0.25, 0.3) is 0 Å². The van der Waals surface area contributed by atoms with Crippen molar-refractivity contribution in [3.63, 3.8) is 0 Å². The van der Waals surface area contributed by atoms with Crippen molar-refractivity contribution in [3.05, 3.63) is 23.8 Å². The number of rotatable bonds is 1. The van der Waals surface area contributed by atoms with E-state index in [2.05, 4.69) is 15.3 Å². The molecule has 1 aromatic rings. The monoisotopic (exact) mass is 177 g/mol. The van der Waals surface area contributed by atoms with Gasteiger partial charge in [-0.15, -0.1) is 0 Å². The first-order valence-electron chi connectivity index (χ1n) is 4.86. The number of nitrogens with zero attached hydrogens (tertiary/aromatic N) is 2. The Morgan fingerprint density at radius 2 is 2.46 bits per heavy atom. The predicted octanol–water partition coefficient (Wildman–Crippen LogP) is 1.25. The minimum atomic E-state index is 0.593. The topological polar surface area (TPSA) is 37.8 Å². The fourth-order valence-electron chi connectivity index (χ4n) is 1.81. The molecule has 1 saturated heterocycles. The molecule has 0 radical (unpaired) electrons. The van der Waals surface area contributed by atoms with Crippen molar-refractivity contribution in [2.45, 2.75) is 25.7 Å². The fraction of sp³-hybridized carbons (Fsp3) is 0.600. The molecule has 0 unspecified atom stereocenters. The molecule has 1 aromatic heterocycles. The number of hydrogen-bond acceptors (Lipinski definition) is 3. The van der Waals surface area contributed by atoms with Gasteiger partial charge in [-0.2, -0.15) is 0 Å². The van der Waals surface area contributed by atoms with Crippen LogP contribution in [0.2, 0.25) is 0 Å². The normalized spacial score (nSPS) is 23.0. The maximum absolute atomic E-state index is 4.45. The Morgan fingerprint density at radius 3 is 3.15 bits per heavy atom. The Hall–Kier alpha value is -0.960. The van der Waals surface area contributed by atoms with Gasteiger partial charge in [0.1, 0.15) is 5.82 Å². The van der Waals surface area contributed by atoms with Crippen LogP contribution in [0.15, 0.2) is 12.3 Å². The van der Waals surface area contributed by atoms with Crippen molar-refractivity contribution < 1.29 is 0 Å². The van der Waals surface area contributed by atoms with Gasteiger partial charge in [-0.3, -0.25) is 0 Å². The highest BCUT2D eigenvalue weighted by Gasteiger charge is 2.15. The first kappa shape index (κ1) is 8.63. The lowest BCUT2D eigenvalue weighted by molar-refractivity contribution is 0.453. The Bertz CT molecular complexity index is 279. The largest absolute Gasteiger partial charge is 0.316 e. The Kier molecular flexibility index (Phi) is 2.54. The maximum atomic E-state index is 4.45. The highest BCUT2D eigenvalue weighted by Crippen LogP contribution is 2.20. The van der Waals surface area contributed by atoms with E-state index in [1.165, 1.54) is 18.5 Å². The summed E-state index contributed by atoms with van der Waals surface area (Å²) in [5, 5.41) is 3.39. The van der Waals surface area contributed by atoms with Crippen LogP contribution in [-0.2, 0) is 0 Å². The van der Waals surface area contributed by atoms with Crippen molar-refractivity contribution in [1.29, 1.82) is 0 Å². The average molecular weight is 177 g/mol. The van der Waals surface area contributed by atoms with Crippen LogP contribution in [0.3, 0.4) is 0 Å². The van der Waals surface area contributed by atoms with Crippen molar-refractivity contribution >= 4 is 0 Å². The molecule has 0 amide bonds. The van der Waals surface area contributed by atoms with Gasteiger partial charge in [-0.25, -0.2) is 9.97 Å². The van der Waals surface area contributed by atoms with Crippen LogP contribution in [0.4, 0.5) is 0 Å². The van der Waals surface area contributed by atoms with Crippen LogP contribution >= 0.6 is 0 Å². The minimum absolute atomic E-state index is 0.593. The van der Waals surface area contributed by atoms with Gasteiger partial charge in [0.2, 0.25) is 0 Å². The number of hydrogen-bond donors (Lipinski definition) is 1. The minimum Gasteiger partial charge on any atom is -0.316 e. The van der Waals surface area contributed by atoms with Gasteiger partial charge in [-0.1, -0.05) is 0 Å². The van der Waals surface area contributed by atoms with E-state index in [0.717, 1.165) is 18.9 Å². The van der Waals surface area contributed by atoms with Crippen molar-refractivity contribution in [2.24, 2.45) is 0 Å². The lowest BCUT2D eigenvalue weighted by Crippen LogP contribution is -2.28. The molecule has 3 heteroatoms. The second-order valence-electron chi connectivity index (χ2n) is 3.57. The Labute approximate surface area is 78.6 Å². The maximum Gasteiger partial charge on any atom is 0.125 e. The van der Waals surface area contributed by atoms with E-state index >= 15 is 0 Å². The molecule has 0 aromatic carbocycles. The third-order valence-corrected chi connectivity index (χ3v) is 2.51. The zero-order chi connectivity index (χ0) is 9.10. The summed E-state index contributed by atoms with van der Waals surface area (Å²) >= 11 is 0. The average Bonchev–Trinajstić information content (AvgIpc) is 2.19. The molecular formula is C10H15N3. The molecule has 1 N–H and O–H groups in total. The molecule has 0 saturated carbocycles. The SMILES string of the molecule is Cc1nccc([C@@H]2CCCNC2)n1. The highest BCUT2D eigenvalue weighted by atomic mass is 14.9. The first-order valence-corrected chi connectivity index (χ1v) is 4.86. The molecule has 13 heavy (non-hydrogen) atoms. The molecular weight excluding hydrogens is 162 g/mol. The summed E-state index contributed by atoms with van der Waals surface area (Å²) < 4.78 is 0. The molecule has 3 nitrogen and oxygen atoms in total. The summed E-state index contributed by atoms with van der Waals surface area (Å²) in [4.78, 5) is 8.55. The molecule has 2 rings (SSSR count). The van der Waals surface area contributed by atoms with Crippen molar-refractivity contribution in [3.8, 4) is 0 Å². The van der Waals surface area contributed by atoms with E-state index in [9.17, 15) is 0 Å². The molecule has 70 valence electrons. The number of aromatic nitrogens is 2. The Morgan fingerprint density at radius 1 is 1.54 bits per heavy atom. The summed E-state index contributed by atoms with van der Waals surface area (Å²) in [6, 6.07) is 2.03. The van der Waals surface area contributed by atoms with Gasteiger partial charge in [0.15, 0.2) is 0 Å². The van der Waals surface area contributed by atoms with E-state index in [-0.39, 0.29) is 0 Å². The molecule has 1 aliphatic rings. The lowest BCUT2D eigenvalue weighted by Gasteiger charge is -2.22. The van der Waals surface area contributed by atoms with Gasteiger partial charge >= 0.3 is 0 Å². The van der Waals surface area contributed by atoms with Crippen LogP contribution in [-0.4, -0.2) is 23.1 Å². The van der Waals surface area contributed by atoms with Gasteiger partial charge in [-0.05, 0) is 32.4 Å². The van der Waals surface area contributed by atoms with Crippen molar-refractivity contribution in [1.82, 2.24) is 15.3 Å². The molecule has 2 heterocycles. The van der Waals surface area contributed by atoms with Gasteiger partial charge in [0.05, 0.1) is 0 Å². The van der Waals surface area contributed by atoms with E-state index in [4.69, 9.17) is 0 Å². The standard InChI is InChI=1S/C10H15N3/c1-8-12-6-4-10(13-8)9-3-2-5-11-7-9/h4,6,9,11H,2-3,5,7H2,1H3/t9-/m1/s1. The second kappa shape index (κ2) is 3.83.